The van der Waals surface area contributed by atoms with Crippen LogP contribution in [0.5, 0.6) is 5.75 Å². The first kappa shape index (κ1) is 20.9. The van der Waals surface area contributed by atoms with Crippen LogP contribution in [-0.2, 0) is 16.6 Å². The Morgan fingerprint density at radius 3 is 2.41 bits per heavy atom. The highest BCUT2D eigenvalue weighted by molar-refractivity contribution is 6.39. The number of rotatable bonds is 6. The molecule has 0 saturated carbocycles. The van der Waals surface area contributed by atoms with Gasteiger partial charge in [-0.15, -0.1) is 0 Å². The van der Waals surface area contributed by atoms with E-state index < -0.39 is 11.8 Å². The molecule has 7 nitrogen and oxygen atoms in total. The van der Waals surface area contributed by atoms with E-state index in [0.717, 1.165) is 31.6 Å². The number of carbonyl (C=O) groups excluding carboxylic acids is 2. The molecule has 1 aromatic heterocycles. The van der Waals surface area contributed by atoms with E-state index in [4.69, 9.17) is 4.74 Å². The molecule has 1 unspecified atom stereocenters. The van der Waals surface area contributed by atoms with Crippen molar-refractivity contribution in [1.29, 1.82) is 0 Å². The van der Waals surface area contributed by atoms with Crippen LogP contribution in [0.2, 0.25) is 0 Å². The first-order chi connectivity index (χ1) is 14.1. The molecule has 156 valence electrons. The Labute approximate surface area is 172 Å². The third-order valence-corrected chi connectivity index (χ3v) is 5.42. The van der Waals surface area contributed by atoms with Gasteiger partial charge in [0.2, 0.25) is 0 Å². The number of nitrogens with zero attached hydrogens (tertiary/aromatic N) is 2. The minimum atomic E-state index is -0.698. The molecule has 0 spiro atoms. The van der Waals surface area contributed by atoms with Crippen LogP contribution in [0.3, 0.4) is 0 Å². The van der Waals surface area contributed by atoms with Crippen molar-refractivity contribution in [1.82, 2.24) is 14.8 Å². The first-order valence-corrected chi connectivity index (χ1v) is 10.2. The Hall–Kier alpha value is -2.80. The van der Waals surface area contributed by atoms with Crippen LogP contribution in [0.4, 0.5) is 5.69 Å². The molecule has 2 amide bonds. The molecule has 1 aliphatic heterocycles. The van der Waals surface area contributed by atoms with Crippen molar-refractivity contribution in [2.75, 3.05) is 32.1 Å². The van der Waals surface area contributed by atoms with Gasteiger partial charge in [-0.05, 0) is 50.2 Å². The SMILES string of the molecule is COc1ccccc1NC(=O)C(=O)NCC(c1cccn1C)N1CCCCCC1. The number of aromatic nitrogens is 1. The molecule has 0 radical (unpaired) electrons. The Kier molecular flexibility index (Phi) is 7.30. The fourth-order valence-electron chi connectivity index (χ4n) is 3.84. The highest BCUT2D eigenvalue weighted by Crippen LogP contribution is 2.25. The Morgan fingerprint density at radius 1 is 1.03 bits per heavy atom. The normalized spacial score (nSPS) is 15.9. The maximum atomic E-state index is 12.5. The second-order valence-corrected chi connectivity index (χ2v) is 7.37. The van der Waals surface area contributed by atoms with E-state index in [2.05, 4.69) is 26.2 Å². The van der Waals surface area contributed by atoms with Crippen LogP contribution in [0.1, 0.15) is 37.4 Å². The number of para-hydroxylation sites is 2. The van der Waals surface area contributed by atoms with E-state index in [0.29, 0.717) is 18.0 Å². The lowest BCUT2D eigenvalue weighted by Gasteiger charge is -2.31. The summed E-state index contributed by atoms with van der Waals surface area (Å²) in [5, 5.41) is 5.45. The quantitative estimate of drug-likeness (QED) is 0.734. The highest BCUT2D eigenvalue weighted by atomic mass is 16.5. The van der Waals surface area contributed by atoms with Crippen molar-refractivity contribution < 1.29 is 14.3 Å². The van der Waals surface area contributed by atoms with Crippen LogP contribution in [-0.4, -0.2) is 48.0 Å². The van der Waals surface area contributed by atoms with Gasteiger partial charge in [0.25, 0.3) is 0 Å². The van der Waals surface area contributed by atoms with E-state index in [-0.39, 0.29) is 6.04 Å². The van der Waals surface area contributed by atoms with E-state index in [1.165, 1.54) is 20.0 Å². The maximum absolute atomic E-state index is 12.5. The molecule has 2 N–H and O–H groups in total. The summed E-state index contributed by atoms with van der Waals surface area (Å²) < 4.78 is 7.30. The number of likely N-dealkylation sites (tertiary alicyclic amines) is 1. The first-order valence-electron chi connectivity index (χ1n) is 10.2. The standard InChI is InChI=1S/C22H30N4O3/c1-25-13-9-11-18(25)19(26-14-7-3-4-8-15-26)16-23-21(27)22(28)24-17-10-5-6-12-20(17)29-2/h5-6,9-13,19H,3-4,7-8,14-16H2,1-2H3,(H,23,27)(H,24,28). The van der Waals surface area contributed by atoms with Crippen LogP contribution in [0, 0.1) is 0 Å². The lowest BCUT2D eigenvalue weighted by atomic mass is 10.1. The summed E-state index contributed by atoms with van der Waals surface area (Å²) in [6.45, 7) is 2.38. The highest BCUT2D eigenvalue weighted by Gasteiger charge is 2.25. The van der Waals surface area contributed by atoms with Crippen molar-refractivity contribution >= 4 is 17.5 Å². The van der Waals surface area contributed by atoms with E-state index in [9.17, 15) is 9.59 Å². The summed E-state index contributed by atoms with van der Waals surface area (Å²) in [6.07, 6.45) is 6.80. The number of carbonyl (C=O) groups is 2. The Balaban J connectivity index is 1.66. The number of hydrogen-bond acceptors (Lipinski definition) is 4. The van der Waals surface area contributed by atoms with Crippen molar-refractivity contribution in [3.05, 3.63) is 48.3 Å². The number of aryl methyl sites for hydroxylation is 1. The summed E-state index contributed by atoms with van der Waals surface area (Å²) in [5.41, 5.74) is 1.61. The van der Waals surface area contributed by atoms with Gasteiger partial charge in [0, 0.05) is 25.5 Å². The number of anilines is 1. The summed E-state index contributed by atoms with van der Waals surface area (Å²) in [5.74, 6) is -0.833. The van der Waals surface area contributed by atoms with Crippen molar-refractivity contribution in [2.24, 2.45) is 7.05 Å². The molecular weight excluding hydrogens is 368 g/mol. The summed E-state index contributed by atoms with van der Waals surface area (Å²) in [4.78, 5) is 27.3. The largest absolute Gasteiger partial charge is 0.495 e. The monoisotopic (exact) mass is 398 g/mol. The third-order valence-electron chi connectivity index (χ3n) is 5.42. The molecule has 1 aliphatic rings. The van der Waals surface area contributed by atoms with Crippen molar-refractivity contribution in [3.8, 4) is 5.75 Å². The van der Waals surface area contributed by atoms with Gasteiger partial charge in [-0.2, -0.15) is 0 Å². The predicted octanol–water partition coefficient (Wildman–Crippen LogP) is 2.71. The van der Waals surface area contributed by atoms with Crippen LogP contribution >= 0.6 is 0 Å². The lowest BCUT2D eigenvalue weighted by molar-refractivity contribution is -0.136. The second-order valence-electron chi connectivity index (χ2n) is 7.37. The van der Waals surface area contributed by atoms with Crippen molar-refractivity contribution in [2.45, 2.75) is 31.7 Å². The van der Waals surface area contributed by atoms with E-state index in [1.54, 1.807) is 24.3 Å². The van der Waals surface area contributed by atoms with Crippen LogP contribution < -0.4 is 15.4 Å². The molecule has 29 heavy (non-hydrogen) atoms. The smallest absolute Gasteiger partial charge is 0.313 e. The van der Waals surface area contributed by atoms with Crippen molar-refractivity contribution in [3.63, 3.8) is 0 Å². The van der Waals surface area contributed by atoms with E-state index >= 15 is 0 Å². The zero-order chi connectivity index (χ0) is 20.6. The number of nitrogens with one attached hydrogen (secondary N) is 2. The Bertz CT molecular complexity index is 825. The second kappa shape index (κ2) is 10.1. The van der Waals surface area contributed by atoms with Gasteiger partial charge in [0.15, 0.2) is 0 Å². The number of amides is 2. The minimum absolute atomic E-state index is 0.0381. The fraction of sp³-hybridized carbons (Fsp3) is 0.455. The summed E-state index contributed by atoms with van der Waals surface area (Å²) >= 11 is 0. The Morgan fingerprint density at radius 2 is 1.76 bits per heavy atom. The zero-order valence-electron chi connectivity index (χ0n) is 17.2. The minimum Gasteiger partial charge on any atom is -0.495 e. The van der Waals surface area contributed by atoms with Gasteiger partial charge in [-0.1, -0.05) is 25.0 Å². The lowest BCUT2D eigenvalue weighted by Crippen LogP contribution is -2.43. The molecule has 1 saturated heterocycles. The average Bonchev–Trinajstić information content (AvgIpc) is 2.98. The predicted molar refractivity (Wildman–Crippen MR) is 113 cm³/mol. The average molecular weight is 399 g/mol. The molecule has 1 aromatic carbocycles. The van der Waals surface area contributed by atoms with Gasteiger partial charge in [0.05, 0.1) is 18.8 Å². The summed E-state index contributed by atoms with van der Waals surface area (Å²) in [7, 11) is 3.53. The van der Waals surface area contributed by atoms with Gasteiger partial charge < -0.3 is 19.9 Å². The van der Waals surface area contributed by atoms with E-state index in [1.807, 2.05) is 19.3 Å². The van der Waals surface area contributed by atoms with Gasteiger partial charge in [0.1, 0.15) is 5.75 Å². The zero-order valence-corrected chi connectivity index (χ0v) is 17.2. The fourth-order valence-corrected chi connectivity index (χ4v) is 3.84. The van der Waals surface area contributed by atoms with Gasteiger partial charge >= 0.3 is 11.8 Å². The third kappa shape index (κ3) is 5.38. The molecule has 1 fully saturated rings. The molecular formula is C22H30N4O3. The molecule has 2 aromatic rings. The number of methoxy groups -OCH3 is 1. The molecule has 2 heterocycles. The molecule has 7 heteroatoms. The van der Waals surface area contributed by atoms with Gasteiger partial charge in [-0.3, -0.25) is 14.5 Å². The number of hydrogen-bond donors (Lipinski definition) is 2. The molecule has 0 bridgehead atoms. The molecule has 1 atom stereocenters. The number of benzene rings is 1. The number of ether oxygens (including phenoxy) is 1. The summed E-state index contributed by atoms with van der Waals surface area (Å²) in [6, 6.07) is 11.1. The molecule has 0 aliphatic carbocycles. The van der Waals surface area contributed by atoms with Crippen LogP contribution in [0.25, 0.3) is 0 Å². The van der Waals surface area contributed by atoms with Gasteiger partial charge in [-0.25, -0.2) is 0 Å². The topological polar surface area (TPSA) is 75.6 Å². The molecule has 3 rings (SSSR count). The maximum Gasteiger partial charge on any atom is 0.313 e. The van der Waals surface area contributed by atoms with Crippen LogP contribution in [0.15, 0.2) is 42.6 Å².